The third-order valence-corrected chi connectivity index (χ3v) is 7.43. The van der Waals surface area contributed by atoms with Crippen molar-refractivity contribution in [3.63, 3.8) is 0 Å². The topological polar surface area (TPSA) is 124 Å². The lowest BCUT2D eigenvalue weighted by molar-refractivity contribution is 0.0500. The van der Waals surface area contributed by atoms with Crippen molar-refractivity contribution < 1.29 is 23.0 Å². The van der Waals surface area contributed by atoms with Crippen LogP contribution in [-0.4, -0.2) is 53.9 Å². The molecule has 240 valence electrons. The number of carbonyl (C=O) groups is 1. The van der Waals surface area contributed by atoms with Crippen molar-refractivity contribution in [3.05, 3.63) is 71.7 Å². The van der Waals surface area contributed by atoms with Gasteiger partial charge in [-0.3, -0.25) is 0 Å². The zero-order valence-corrected chi connectivity index (χ0v) is 26.4. The summed E-state index contributed by atoms with van der Waals surface area (Å²) in [7, 11) is 1.58. The normalized spacial score (nSPS) is 18.8. The quantitative estimate of drug-likeness (QED) is 0.280. The summed E-state index contributed by atoms with van der Waals surface area (Å²) < 4.78 is 41.3. The molecule has 0 bridgehead atoms. The molecule has 0 spiro atoms. The molecule has 0 saturated carbocycles. The van der Waals surface area contributed by atoms with Crippen molar-refractivity contribution in [2.24, 2.45) is 5.92 Å². The minimum atomic E-state index is -0.761. The van der Waals surface area contributed by atoms with Gasteiger partial charge in [0, 0.05) is 25.1 Å². The Kier molecular flexibility index (Phi) is 11.0. The van der Waals surface area contributed by atoms with E-state index in [4.69, 9.17) is 9.47 Å². The zero-order valence-electron chi connectivity index (χ0n) is 26.4. The number of anilines is 4. The number of methoxy groups -OCH3 is 1. The first-order chi connectivity index (χ1) is 21.5. The molecule has 1 aliphatic carbocycles. The minimum absolute atomic E-state index is 0.0283. The Bertz CT molecular complexity index is 1490. The number of halogens is 2. The summed E-state index contributed by atoms with van der Waals surface area (Å²) in [6.07, 6.45) is 13.8. The summed E-state index contributed by atoms with van der Waals surface area (Å²) in [4.78, 5) is 23.3. The maximum absolute atomic E-state index is 15.4. The average Bonchev–Trinajstić information content (AvgIpc) is 2.97. The Morgan fingerprint density at radius 2 is 1.91 bits per heavy atom. The first kappa shape index (κ1) is 33.2. The molecule has 1 fully saturated rings. The van der Waals surface area contributed by atoms with Gasteiger partial charge in [0.05, 0.1) is 36.6 Å². The van der Waals surface area contributed by atoms with Crippen LogP contribution in [0.15, 0.2) is 54.5 Å². The van der Waals surface area contributed by atoms with Crippen molar-refractivity contribution >= 4 is 29.2 Å². The maximum Gasteiger partial charge on any atom is 0.407 e. The van der Waals surface area contributed by atoms with Gasteiger partial charge in [-0.05, 0) is 71.6 Å². The summed E-state index contributed by atoms with van der Waals surface area (Å²) in [6.45, 7) is 8.56. The summed E-state index contributed by atoms with van der Waals surface area (Å²) in [5.41, 5.74) is -0.514. The Labute approximate surface area is 263 Å². The minimum Gasteiger partial charge on any atom is -0.497 e. The Morgan fingerprint density at radius 3 is 2.58 bits per heavy atom. The molecule has 3 heterocycles. The van der Waals surface area contributed by atoms with Crippen molar-refractivity contribution in [1.29, 1.82) is 5.26 Å². The molecule has 10 nitrogen and oxygen atoms in total. The molecule has 1 amide bonds. The van der Waals surface area contributed by atoms with Gasteiger partial charge in [0.1, 0.15) is 17.4 Å². The van der Waals surface area contributed by atoms with Crippen LogP contribution in [0.4, 0.5) is 36.7 Å². The number of nitrogens with one attached hydrogen (secondary N) is 3. The van der Waals surface area contributed by atoms with Crippen molar-refractivity contribution in [2.75, 3.05) is 35.7 Å². The number of alkyl carbamates (subject to hydrolysis) is 1. The lowest BCUT2D eigenvalue weighted by atomic mass is 9.89. The van der Waals surface area contributed by atoms with Gasteiger partial charge in [-0.1, -0.05) is 18.2 Å². The van der Waals surface area contributed by atoms with Gasteiger partial charge in [0.2, 0.25) is 0 Å². The molecule has 1 saturated heterocycles. The van der Waals surface area contributed by atoms with Crippen LogP contribution in [-0.2, 0) is 9.47 Å². The smallest absolute Gasteiger partial charge is 0.407 e. The highest BCUT2D eigenvalue weighted by atomic mass is 19.1. The van der Waals surface area contributed by atoms with Gasteiger partial charge in [0.15, 0.2) is 29.1 Å². The average molecular weight is 622 g/mol. The van der Waals surface area contributed by atoms with E-state index in [1.54, 1.807) is 40.9 Å². The van der Waals surface area contributed by atoms with Crippen molar-refractivity contribution in [1.82, 2.24) is 15.3 Å². The highest BCUT2D eigenvalue weighted by Crippen LogP contribution is 2.29. The van der Waals surface area contributed by atoms with Gasteiger partial charge in [-0.25, -0.2) is 23.5 Å². The number of nitriles is 1. The summed E-state index contributed by atoms with van der Waals surface area (Å²) in [5.74, 6) is -0.653. The zero-order chi connectivity index (χ0) is 32.6. The van der Waals surface area contributed by atoms with E-state index in [0.29, 0.717) is 12.2 Å². The van der Waals surface area contributed by atoms with E-state index < -0.39 is 35.4 Å². The molecule has 2 aromatic heterocycles. The standard InChI is InChI=1S/C33H41F2N7O3/c1-21(38-32(43)45-33(2,3)4)28(22-11-9-13-25(44-5)14-10-12-22)40-30-26(34)17-23(19-36)29(41-30)39-24-18-27(35)31(37-20-24)42-15-7-6-8-16-42/h9-11,13-14,17-18,20-22,28H,6-8,12,15-16H2,1-5H3,(H,38,43)(H2,39,40,41)/b11-9+,14-10?,25-13?/t21-,22?,28-/m0/s1. The molecular formula is C33H41F2N7O3. The second-order valence-corrected chi connectivity index (χ2v) is 12.1. The van der Waals surface area contributed by atoms with Crippen LogP contribution in [0.1, 0.15) is 58.9 Å². The van der Waals surface area contributed by atoms with E-state index in [0.717, 1.165) is 38.4 Å². The number of piperidine rings is 1. The number of hydrogen-bond acceptors (Lipinski definition) is 9. The first-order valence-corrected chi connectivity index (χ1v) is 15.1. The molecule has 3 N–H and O–H groups in total. The monoisotopic (exact) mass is 621 g/mol. The van der Waals surface area contributed by atoms with E-state index in [2.05, 4.69) is 25.9 Å². The van der Waals surface area contributed by atoms with Crippen LogP contribution in [0.3, 0.4) is 0 Å². The second-order valence-electron chi connectivity index (χ2n) is 12.1. The highest BCUT2D eigenvalue weighted by Gasteiger charge is 2.30. The van der Waals surface area contributed by atoms with E-state index in [-0.39, 0.29) is 34.6 Å². The highest BCUT2D eigenvalue weighted by molar-refractivity contribution is 5.69. The molecule has 45 heavy (non-hydrogen) atoms. The first-order valence-electron chi connectivity index (χ1n) is 15.1. The molecule has 4 rings (SSSR count). The fourth-order valence-corrected chi connectivity index (χ4v) is 5.26. The summed E-state index contributed by atoms with van der Waals surface area (Å²) in [5, 5.41) is 18.7. The molecule has 2 aromatic rings. The predicted molar refractivity (Wildman–Crippen MR) is 170 cm³/mol. The van der Waals surface area contributed by atoms with Crippen LogP contribution >= 0.6 is 0 Å². The van der Waals surface area contributed by atoms with E-state index in [1.165, 1.54) is 12.3 Å². The number of ether oxygens (including phenoxy) is 2. The van der Waals surface area contributed by atoms with Crippen LogP contribution < -0.4 is 20.9 Å². The van der Waals surface area contributed by atoms with Gasteiger partial charge in [0.25, 0.3) is 0 Å². The van der Waals surface area contributed by atoms with Gasteiger partial charge in [-0.15, -0.1) is 0 Å². The molecular weight excluding hydrogens is 580 g/mol. The number of allylic oxidation sites excluding steroid dienone is 4. The van der Waals surface area contributed by atoms with Crippen LogP contribution in [0.5, 0.6) is 0 Å². The van der Waals surface area contributed by atoms with Crippen molar-refractivity contribution in [2.45, 2.75) is 71.1 Å². The number of pyridine rings is 2. The van der Waals surface area contributed by atoms with E-state index in [9.17, 15) is 10.1 Å². The number of rotatable bonds is 9. The molecule has 2 aliphatic rings. The van der Waals surface area contributed by atoms with Gasteiger partial charge < -0.3 is 30.3 Å². The molecule has 0 aromatic carbocycles. The maximum atomic E-state index is 15.4. The summed E-state index contributed by atoms with van der Waals surface area (Å²) >= 11 is 0. The molecule has 1 aliphatic heterocycles. The third kappa shape index (κ3) is 9.17. The van der Waals surface area contributed by atoms with E-state index >= 15 is 8.78 Å². The van der Waals surface area contributed by atoms with Gasteiger partial charge in [-0.2, -0.15) is 5.26 Å². The lowest BCUT2D eigenvalue weighted by Gasteiger charge is -2.32. The van der Waals surface area contributed by atoms with Crippen LogP contribution in [0.25, 0.3) is 0 Å². The Morgan fingerprint density at radius 1 is 1.16 bits per heavy atom. The lowest BCUT2D eigenvalue weighted by Crippen LogP contribution is -2.49. The SMILES string of the molecule is COC1=C/C=C/C([C@@H](Nc2nc(Nc3cnc(N4CCCCC4)c(F)c3)c(C#N)cc2F)[C@H](C)NC(=O)OC(C)(C)C)CC=C1. The number of nitrogens with zero attached hydrogens (tertiary/aromatic N) is 4. The van der Waals surface area contributed by atoms with Crippen molar-refractivity contribution in [3.8, 4) is 6.07 Å². The number of aromatic nitrogens is 2. The second kappa shape index (κ2) is 14.9. The van der Waals surface area contributed by atoms with E-state index in [1.807, 2.05) is 35.3 Å². The number of hydrogen-bond donors (Lipinski definition) is 3. The molecule has 0 radical (unpaired) electrons. The fourth-order valence-electron chi connectivity index (χ4n) is 5.26. The predicted octanol–water partition coefficient (Wildman–Crippen LogP) is 6.72. The molecule has 3 atom stereocenters. The van der Waals surface area contributed by atoms with Crippen LogP contribution in [0, 0.1) is 28.9 Å². The Balaban J connectivity index is 1.62. The van der Waals surface area contributed by atoms with Crippen LogP contribution in [0.2, 0.25) is 0 Å². The number of amides is 1. The third-order valence-electron chi connectivity index (χ3n) is 7.43. The number of carbonyl (C=O) groups excluding carboxylic acids is 1. The fraction of sp³-hybridized carbons (Fsp3) is 0.455. The summed E-state index contributed by atoms with van der Waals surface area (Å²) in [6, 6.07) is 3.18. The Hall–Kier alpha value is -4.66. The molecule has 12 heteroatoms. The van der Waals surface area contributed by atoms with Gasteiger partial charge >= 0.3 is 6.09 Å². The molecule has 1 unspecified atom stereocenters. The largest absolute Gasteiger partial charge is 0.497 e.